The summed E-state index contributed by atoms with van der Waals surface area (Å²) in [6, 6.07) is 6.50. The zero-order valence-electron chi connectivity index (χ0n) is 12.3. The van der Waals surface area contributed by atoms with Gasteiger partial charge in [0.05, 0.1) is 5.92 Å². The molecule has 0 bridgehead atoms. The number of unbranched alkanes of at least 4 members (excludes halogenated alkanes) is 2. The Morgan fingerprint density at radius 1 is 1.40 bits per heavy atom. The molecule has 0 aliphatic heterocycles. The Kier molecular flexibility index (Phi) is 7.23. The molecule has 1 unspecified atom stereocenters. The number of carboxylic acid groups (broad SMARTS) is 1. The molecule has 0 aromatic heterocycles. The Morgan fingerprint density at radius 2 is 2.15 bits per heavy atom. The number of nitrogens with zero attached hydrogens (tertiary/aromatic N) is 1. The molecule has 0 heterocycles. The van der Waals surface area contributed by atoms with E-state index in [0.29, 0.717) is 13.1 Å². The van der Waals surface area contributed by atoms with E-state index in [1.165, 1.54) is 12.1 Å². The van der Waals surface area contributed by atoms with Crippen LogP contribution in [0.5, 0.6) is 0 Å². The molecule has 1 N–H and O–H groups in total. The summed E-state index contributed by atoms with van der Waals surface area (Å²) in [5, 5.41) is 9.03. The molecule has 3 nitrogen and oxygen atoms in total. The third kappa shape index (κ3) is 6.15. The Bertz CT molecular complexity index is 423. The number of rotatable bonds is 9. The van der Waals surface area contributed by atoms with Gasteiger partial charge in [-0.2, -0.15) is 0 Å². The summed E-state index contributed by atoms with van der Waals surface area (Å²) in [6.45, 7) is 5.79. The van der Waals surface area contributed by atoms with Crippen LogP contribution in [-0.4, -0.2) is 29.1 Å². The van der Waals surface area contributed by atoms with Crippen LogP contribution < -0.4 is 0 Å². The molecular weight excluding hydrogens is 257 g/mol. The highest BCUT2D eigenvalue weighted by molar-refractivity contribution is 5.69. The van der Waals surface area contributed by atoms with Crippen molar-refractivity contribution in [2.45, 2.75) is 39.7 Å². The van der Waals surface area contributed by atoms with Crippen molar-refractivity contribution < 1.29 is 14.3 Å². The first-order valence-corrected chi connectivity index (χ1v) is 7.22. The maximum Gasteiger partial charge on any atom is 0.307 e. The van der Waals surface area contributed by atoms with Crippen LogP contribution >= 0.6 is 0 Å². The van der Waals surface area contributed by atoms with Gasteiger partial charge in [0.1, 0.15) is 5.82 Å². The molecule has 0 saturated carbocycles. The van der Waals surface area contributed by atoms with Crippen LogP contribution in [0.25, 0.3) is 0 Å². The number of hydrogen-bond donors (Lipinski definition) is 1. The largest absolute Gasteiger partial charge is 0.481 e. The Morgan fingerprint density at radius 3 is 2.75 bits per heavy atom. The monoisotopic (exact) mass is 281 g/mol. The minimum Gasteiger partial charge on any atom is -0.481 e. The van der Waals surface area contributed by atoms with E-state index in [1.807, 2.05) is 6.07 Å². The number of aliphatic carboxylic acids is 1. The van der Waals surface area contributed by atoms with Gasteiger partial charge in [-0.05, 0) is 30.7 Å². The summed E-state index contributed by atoms with van der Waals surface area (Å²) in [7, 11) is 0. The first-order valence-electron chi connectivity index (χ1n) is 7.22. The zero-order chi connectivity index (χ0) is 15.0. The quantitative estimate of drug-likeness (QED) is 0.704. The molecule has 0 saturated heterocycles. The molecule has 0 aliphatic rings. The van der Waals surface area contributed by atoms with E-state index in [1.54, 1.807) is 13.0 Å². The summed E-state index contributed by atoms with van der Waals surface area (Å²) < 4.78 is 13.2. The lowest BCUT2D eigenvalue weighted by molar-refractivity contribution is -0.141. The van der Waals surface area contributed by atoms with Crippen molar-refractivity contribution in [3.05, 3.63) is 35.6 Å². The highest BCUT2D eigenvalue weighted by Gasteiger charge is 2.16. The average Bonchev–Trinajstić information content (AvgIpc) is 2.38. The predicted molar refractivity (Wildman–Crippen MR) is 78.0 cm³/mol. The SMILES string of the molecule is CCCCCN(Cc1cccc(F)c1)CC(C)C(=O)O. The van der Waals surface area contributed by atoms with Crippen molar-refractivity contribution in [1.82, 2.24) is 4.90 Å². The second-order valence-electron chi connectivity index (χ2n) is 5.31. The van der Waals surface area contributed by atoms with E-state index >= 15 is 0 Å². The maximum atomic E-state index is 13.2. The summed E-state index contributed by atoms with van der Waals surface area (Å²) in [6.07, 6.45) is 3.29. The summed E-state index contributed by atoms with van der Waals surface area (Å²) in [4.78, 5) is 13.1. The molecule has 0 radical (unpaired) electrons. The minimum absolute atomic E-state index is 0.248. The minimum atomic E-state index is -0.787. The Labute approximate surface area is 120 Å². The molecule has 112 valence electrons. The van der Waals surface area contributed by atoms with E-state index in [9.17, 15) is 9.18 Å². The van der Waals surface area contributed by atoms with E-state index in [0.717, 1.165) is 31.4 Å². The fourth-order valence-electron chi connectivity index (χ4n) is 2.18. The number of halogens is 1. The second kappa shape index (κ2) is 8.69. The number of benzene rings is 1. The molecular formula is C16H24FNO2. The molecule has 1 aromatic carbocycles. The summed E-state index contributed by atoms with van der Waals surface area (Å²) in [5.74, 6) is -1.45. The van der Waals surface area contributed by atoms with Crippen molar-refractivity contribution in [2.24, 2.45) is 5.92 Å². The van der Waals surface area contributed by atoms with Crippen LogP contribution in [0.15, 0.2) is 24.3 Å². The third-order valence-electron chi connectivity index (χ3n) is 3.33. The van der Waals surface area contributed by atoms with E-state index in [4.69, 9.17) is 5.11 Å². The molecule has 0 amide bonds. The lowest BCUT2D eigenvalue weighted by Gasteiger charge is -2.24. The molecule has 0 aliphatic carbocycles. The summed E-state index contributed by atoms with van der Waals surface area (Å²) in [5.41, 5.74) is 0.888. The molecule has 1 aromatic rings. The van der Waals surface area contributed by atoms with Gasteiger partial charge in [-0.25, -0.2) is 4.39 Å². The van der Waals surface area contributed by atoms with Gasteiger partial charge < -0.3 is 5.11 Å². The van der Waals surface area contributed by atoms with Crippen LogP contribution in [0, 0.1) is 11.7 Å². The van der Waals surface area contributed by atoms with Crippen molar-refractivity contribution in [2.75, 3.05) is 13.1 Å². The van der Waals surface area contributed by atoms with Gasteiger partial charge in [0.15, 0.2) is 0 Å². The van der Waals surface area contributed by atoms with Crippen LogP contribution in [0.3, 0.4) is 0 Å². The van der Waals surface area contributed by atoms with E-state index in [2.05, 4.69) is 11.8 Å². The number of hydrogen-bond acceptors (Lipinski definition) is 2. The fourth-order valence-corrected chi connectivity index (χ4v) is 2.18. The van der Waals surface area contributed by atoms with E-state index in [-0.39, 0.29) is 5.82 Å². The number of carboxylic acids is 1. The van der Waals surface area contributed by atoms with Gasteiger partial charge in [0.25, 0.3) is 0 Å². The summed E-state index contributed by atoms with van der Waals surface area (Å²) >= 11 is 0. The van der Waals surface area contributed by atoms with Crippen LogP contribution in [0.1, 0.15) is 38.7 Å². The van der Waals surface area contributed by atoms with Gasteiger partial charge in [-0.1, -0.05) is 38.8 Å². The van der Waals surface area contributed by atoms with Crippen LogP contribution in [0.2, 0.25) is 0 Å². The van der Waals surface area contributed by atoms with Crippen molar-refractivity contribution in [3.63, 3.8) is 0 Å². The Balaban J connectivity index is 2.63. The Hall–Kier alpha value is -1.42. The molecule has 1 atom stereocenters. The average molecular weight is 281 g/mol. The normalized spacial score (nSPS) is 12.6. The smallest absolute Gasteiger partial charge is 0.307 e. The van der Waals surface area contributed by atoms with E-state index < -0.39 is 11.9 Å². The predicted octanol–water partition coefficient (Wildman–Crippen LogP) is 3.54. The van der Waals surface area contributed by atoms with Crippen LogP contribution in [-0.2, 0) is 11.3 Å². The molecule has 1 rings (SSSR count). The van der Waals surface area contributed by atoms with Crippen molar-refractivity contribution in [1.29, 1.82) is 0 Å². The third-order valence-corrected chi connectivity index (χ3v) is 3.33. The van der Waals surface area contributed by atoms with Gasteiger partial charge in [-0.3, -0.25) is 9.69 Å². The first kappa shape index (κ1) is 16.6. The van der Waals surface area contributed by atoms with Crippen molar-refractivity contribution >= 4 is 5.97 Å². The van der Waals surface area contributed by atoms with Gasteiger partial charge in [0, 0.05) is 13.1 Å². The molecule has 0 spiro atoms. The number of carbonyl (C=O) groups is 1. The molecule has 4 heteroatoms. The lowest BCUT2D eigenvalue weighted by atomic mass is 10.1. The first-order chi connectivity index (χ1) is 9.52. The topological polar surface area (TPSA) is 40.5 Å². The van der Waals surface area contributed by atoms with Crippen molar-refractivity contribution in [3.8, 4) is 0 Å². The lowest BCUT2D eigenvalue weighted by Crippen LogP contribution is -2.32. The van der Waals surface area contributed by atoms with Gasteiger partial charge in [0.2, 0.25) is 0 Å². The maximum absolute atomic E-state index is 13.2. The fraction of sp³-hybridized carbons (Fsp3) is 0.562. The molecule has 20 heavy (non-hydrogen) atoms. The zero-order valence-corrected chi connectivity index (χ0v) is 12.3. The van der Waals surface area contributed by atoms with Gasteiger partial charge >= 0.3 is 5.97 Å². The highest BCUT2D eigenvalue weighted by atomic mass is 19.1. The standard InChI is InChI=1S/C16H24FNO2/c1-3-4-5-9-18(11-13(2)16(19)20)12-14-7-6-8-15(17)10-14/h6-8,10,13H,3-5,9,11-12H2,1-2H3,(H,19,20). The highest BCUT2D eigenvalue weighted by Crippen LogP contribution is 2.11. The van der Waals surface area contributed by atoms with Crippen LogP contribution in [0.4, 0.5) is 4.39 Å². The molecule has 0 fully saturated rings. The second-order valence-corrected chi connectivity index (χ2v) is 5.31. The van der Waals surface area contributed by atoms with Gasteiger partial charge in [-0.15, -0.1) is 0 Å².